The molecule has 3 aromatic carbocycles. The molecule has 3 rings (SSSR count). The van der Waals surface area contributed by atoms with E-state index >= 15 is 0 Å². The molecule has 0 amide bonds. The van der Waals surface area contributed by atoms with Gasteiger partial charge >= 0.3 is 5.97 Å². The van der Waals surface area contributed by atoms with Crippen molar-refractivity contribution >= 4 is 5.97 Å². The smallest absolute Gasteiger partial charge is 0.343 e. The molecule has 0 aliphatic rings. The monoisotopic (exact) mass is 386 g/mol. The minimum atomic E-state index is -0.329. The lowest BCUT2D eigenvalue weighted by molar-refractivity contribution is 0.0735. The van der Waals surface area contributed by atoms with Crippen molar-refractivity contribution in [2.75, 3.05) is 0 Å². The number of benzene rings is 3. The van der Waals surface area contributed by atoms with E-state index in [9.17, 15) is 4.79 Å². The van der Waals surface area contributed by atoms with Crippen LogP contribution in [0.15, 0.2) is 72.8 Å². The van der Waals surface area contributed by atoms with E-state index in [1.54, 1.807) is 0 Å². The average molecular weight is 387 g/mol. The van der Waals surface area contributed by atoms with Crippen LogP contribution in [0.2, 0.25) is 0 Å². The van der Waals surface area contributed by atoms with Crippen LogP contribution in [0.3, 0.4) is 0 Å². The Morgan fingerprint density at radius 2 is 1.28 bits per heavy atom. The highest BCUT2D eigenvalue weighted by atomic mass is 16.5. The molecule has 29 heavy (non-hydrogen) atoms. The zero-order valence-corrected chi connectivity index (χ0v) is 17.7. The van der Waals surface area contributed by atoms with Crippen molar-refractivity contribution in [3.63, 3.8) is 0 Å². The van der Waals surface area contributed by atoms with Crippen molar-refractivity contribution in [1.29, 1.82) is 0 Å². The SMILES string of the molecule is CCCc1ccc(-c2ccc(C(=O)Oc3ccc(CCC(C)C)cc3)cc2)cc1. The van der Waals surface area contributed by atoms with Gasteiger partial charge in [0, 0.05) is 0 Å². The van der Waals surface area contributed by atoms with Crippen molar-refractivity contribution in [3.05, 3.63) is 89.5 Å². The number of hydrogen-bond donors (Lipinski definition) is 0. The summed E-state index contributed by atoms with van der Waals surface area (Å²) in [5.41, 5.74) is 5.43. The van der Waals surface area contributed by atoms with Gasteiger partial charge in [-0.15, -0.1) is 0 Å². The van der Waals surface area contributed by atoms with Gasteiger partial charge in [0.05, 0.1) is 5.56 Å². The Morgan fingerprint density at radius 1 is 0.759 bits per heavy atom. The maximum atomic E-state index is 12.5. The summed E-state index contributed by atoms with van der Waals surface area (Å²) in [7, 11) is 0. The van der Waals surface area contributed by atoms with E-state index in [1.165, 1.54) is 11.1 Å². The summed E-state index contributed by atoms with van der Waals surface area (Å²) in [6, 6.07) is 24.0. The van der Waals surface area contributed by atoms with Crippen molar-refractivity contribution in [3.8, 4) is 16.9 Å². The number of carbonyl (C=O) groups excluding carboxylic acids is 1. The third kappa shape index (κ3) is 6.05. The molecule has 0 atom stereocenters. The molecule has 0 saturated heterocycles. The molecular formula is C27H30O2. The summed E-state index contributed by atoms with van der Waals surface area (Å²) in [6.45, 7) is 6.64. The lowest BCUT2D eigenvalue weighted by Gasteiger charge is -2.08. The van der Waals surface area contributed by atoms with E-state index < -0.39 is 0 Å². The van der Waals surface area contributed by atoms with E-state index in [4.69, 9.17) is 4.74 Å². The van der Waals surface area contributed by atoms with Crippen molar-refractivity contribution < 1.29 is 9.53 Å². The predicted molar refractivity (Wildman–Crippen MR) is 120 cm³/mol. The molecule has 0 aromatic heterocycles. The molecule has 0 N–H and O–H groups in total. The van der Waals surface area contributed by atoms with E-state index in [0.29, 0.717) is 17.2 Å². The highest BCUT2D eigenvalue weighted by molar-refractivity contribution is 5.91. The zero-order valence-electron chi connectivity index (χ0n) is 17.7. The summed E-state index contributed by atoms with van der Waals surface area (Å²) in [6.07, 6.45) is 4.46. The van der Waals surface area contributed by atoms with Crippen LogP contribution in [0, 0.1) is 5.92 Å². The highest BCUT2D eigenvalue weighted by Gasteiger charge is 2.09. The molecule has 0 fully saturated rings. The second kappa shape index (κ2) is 10.1. The highest BCUT2D eigenvalue weighted by Crippen LogP contribution is 2.22. The number of aryl methyl sites for hydroxylation is 2. The molecular weight excluding hydrogens is 356 g/mol. The molecule has 150 valence electrons. The van der Waals surface area contributed by atoms with Crippen molar-refractivity contribution in [2.45, 2.75) is 46.5 Å². The fourth-order valence-corrected chi connectivity index (χ4v) is 3.30. The van der Waals surface area contributed by atoms with Gasteiger partial charge < -0.3 is 4.74 Å². The normalized spacial score (nSPS) is 10.9. The number of rotatable bonds is 8. The summed E-state index contributed by atoms with van der Waals surface area (Å²) in [5.74, 6) is 0.938. The van der Waals surface area contributed by atoms with Crippen LogP contribution in [0.25, 0.3) is 11.1 Å². The molecule has 0 saturated carbocycles. The molecule has 2 heteroatoms. The van der Waals surface area contributed by atoms with Gasteiger partial charge in [0.1, 0.15) is 5.75 Å². The van der Waals surface area contributed by atoms with Gasteiger partial charge in [0.15, 0.2) is 0 Å². The maximum Gasteiger partial charge on any atom is 0.343 e. The topological polar surface area (TPSA) is 26.3 Å². The number of hydrogen-bond acceptors (Lipinski definition) is 2. The number of esters is 1. The molecule has 0 bridgehead atoms. The molecule has 0 radical (unpaired) electrons. The average Bonchev–Trinajstić information content (AvgIpc) is 2.74. The maximum absolute atomic E-state index is 12.5. The Bertz CT molecular complexity index is 904. The van der Waals surface area contributed by atoms with Gasteiger partial charge in [-0.3, -0.25) is 0 Å². The van der Waals surface area contributed by atoms with Gasteiger partial charge in [-0.2, -0.15) is 0 Å². The zero-order chi connectivity index (χ0) is 20.6. The largest absolute Gasteiger partial charge is 0.423 e. The standard InChI is InChI=1S/C27H30O2/c1-4-5-21-8-12-23(13-9-21)24-14-16-25(17-15-24)27(28)29-26-18-10-22(11-19-26)7-6-20(2)3/h8-20H,4-7H2,1-3H3. The molecule has 0 heterocycles. The Morgan fingerprint density at radius 3 is 1.83 bits per heavy atom. The van der Waals surface area contributed by atoms with E-state index in [-0.39, 0.29) is 5.97 Å². The second-order valence-electron chi connectivity index (χ2n) is 7.99. The van der Waals surface area contributed by atoms with Crippen molar-refractivity contribution in [1.82, 2.24) is 0 Å². The predicted octanol–water partition coefficient (Wildman–Crippen LogP) is 7.11. The van der Waals surface area contributed by atoms with Gasteiger partial charge in [-0.25, -0.2) is 4.79 Å². The molecule has 0 aliphatic carbocycles. The van der Waals surface area contributed by atoms with Gasteiger partial charge in [0.2, 0.25) is 0 Å². The van der Waals surface area contributed by atoms with Crippen LogP contribution >= 0.6 is 0 Å². The Kier molecular flexibility index (Phi) is 7.24. The van der Waals surface area contributed by atoms with Crippen LogP contribution in [-0.4, -0.2) is 5.97 Å². The fourth-order valence-electron chi connectivity index (χ4n) is 3.30. The first-order valence-corrected chi connectivity index (χ1v) is 10.6. The lowest BCUT2D eigenvalue weighted by atomic mass is 10.0. The van der Waals surface area contributed by atoms with Gasteiger partial charge in [-0.1, -0.05) is 75.7 Å². The van der Waals surface area contributed by atoms with Gasteiger partial charge in [-0.05, 0) is 71.7 Å². The van der Waals surface area contributed by atoms with Crippen LogP contribution in [-0.2, 0) is 12.8 Å². The van der Waals surface area contributed by atoms with E-state index in [2.05, 4.69) is 45.0 Å². The van der Waals surface area contributed by atoms with Crippen LogP contribution < -0.4 is 4.74 Å². The van der Waals surface area contributed by atoms with Crippen molar-refractivity contribution in [2.24, 2.45) is 5.92 Å². The fraction of sp³-hybridized carbons (Fsp3) is 0.296. The molecule has 0 spiro atoms. The first-order chi connectivity index (χ1) is 14.0. The number of ether oxygens (including phenoxy) is 1. The van der Waals surface area contributed by atoms with E-state index in [0.717, 1.165) is 36.8 Å². The first-order valence-electron chi connectivity index (χ1n) is 10.6. The Hall–Kier alpha value is -2.87. The Balaban J connectivity index is 1.61. The quantitative estimate of drug-likeness (QED) is 0.304. The molecule has 0 unspecified atom stereocenters. The van der Waals surface area contributed by atoms with Crippen LogP contribution in [0.1, 0.15) is 55.1 Å². The minimum absolute atomic E-state index is 0.329. The van der Waals surface area contributed by atoms with Crippen LogP contribution in [0.5, 0.6) is 5.75 Å². The van der Waals surface area contributed by atoms with Gasteiger partial charge in [0.25, 0.3) is 0 Å². The molecule has 2 nitrogen and oxygen atoms in total. The summed E-state index contributed by atoms with van der Waals surface area (Å²) < 4.78 is 5.53. The summed E-state index contributed by atoms with van der Waals surface area (Å²) in [4.78, 5) is 12.5. The third-order valence-corrected chi connectivity index (χ3v) is 5.09. The Labute approximate surface area is 174 Å². The number of carbonyl (C=O) groups is 1. The third-order valence-electron chi connectivity index (χ3n) is 5.09. The summed E-state index contributed by atoms with van der Waals surface area (Å²) >= 11 is 0. The second-order valence-corrected chi connectivity index (χ2v) is 7.99. The summed E-state index contributed by atoms with van der Waals surface area (Å²) in [5, 5.41) is 0. The lowest BCUT2D eigenvalue weighted by Crippen LogP contribution is -2.08. The molecule has 3 aromatic rings. The first kappa shape index (κ1) is 20.9. The van der Waals surface area contributed by atoms with E-state index in [1.807, 2.05) is 48.5 Å². The molecule has 0 aliphatic heterocycles. The minimum Gasteiger partial charge on any atom is -0.423 e. The van der Waals surface area contributed by atoms with Crippen LogP contribution in [0.4, 0.5) is 0 Å².